The standard InChI is InChI=1S/C12H7BrF2N2O3/c13-5-3-7(15)8(4-6(5)14)17-10(19)12(1-2-12)9(18)16-11(17)20/h3-4H,1-2H2,(H,16,18,20). The molecular formula is C12H7BrF2N2O3. The van der Waals surface area contributed by atoms with Gasteiger partial charge in [0, 0.05) is 6.07 Å². The first kappa shape index (κ1) is 13.2. The molecule has 4 amide bonds. The molecule has 8 heteroatoms. The van der Waals surface area contributed by atoms with Gasteiger partial charge in [0.2, 0.25) is 5.91 Å². The van der Waals surface area contributed by atoms with E-state index in [-0.39, 0.29) is 4.47 Å². The maximum atomic E-state index is 13.9. The van der Waals surface area contributed by atoms with Gasteiger partial charge >= 0.3 is 6.03 Å². The minimum Gasteiger partial charge on any atom is -0.276 e. The number of nitrogens with zero attached hydrogens (tertiary/aromatic N) is 1. The Kier molecular flexibility index (Phi) is 2.69. The zero-order valence-corrected chi connectivity index (χ0v) is 11.5. The Hall–Kier alpha value is -1.83. The van der Waals surface area contributed by atoms with Crippen molar-refractivity contribution in [2.45, 2.75) is 12.8 Å². The van der Waals surface area contributed by atoms with Crippen molar-refractivity contribution in [2.75, 3.05) is 4.90 Å². The van der Waals surface area contributed by atoms with E-state index in [1.807, 2.05) is 5.32 Å². The van der Waals surface area contributed by atoms with Gasteiger partial charge in [-0.3, -0.25) is 14.9 Å². The van der Waals surface area contributed by atoms with Gasteiger partial charge < -0.3 is 0 Å². The smallest absolute Gasteiger partial charge is 0.276 e. The largest absolute Gasteiger partial charge is 0.335 e. The number of anilines is 1. The molecule has 2 aliphatic rings. The van der Waals surface area contributed by atoms with E-state index in [9.17, 15) is 23.2 Å². The van der Waals surface area contributed by atoms with Gasteiger partial charge in [-0.15, -0.1) is 0 Å². The van der Waals surface area contributed by atoms with Crippen molar-refractivity contribution in [3.8, 4) is 0 Å². The summed E-state index contributed by atoms with van der Waals surface area (Å²) < 4.78 is 27.3. The van der Waals surface area contributed by atoms with Crippen LogP contribution in [-0.4, -0.2) is 17.8 Å². The Morgan fingerprint density at radius 1 is 1.15 bits per heavy atom. The highest BCUT2D eigenvalue weighted by Gasteiger charge is 2.62. The van der Waals surface area contributed by atoms with Crippen LogP contribution in [0.2, 0.25) is 0 Å². The fraction of sp³-hybridized carbons (Fsp3) is 0.250. The van der Waals surface area contributed by atoms with Crippen LogP contribution in [0.4, 0.5) is 19.3 Å². The lowest BCUT2D eigenvalue weighted by Gasteiger charge is -2.30. The molecule has 0 atom stereocenters. The summed E-state index contributed by atoms with van der Waals surface area (Å²) in [5.74, 6) is -3.25. The summed E-state index contributed by atoms with van der Waals surface area (Å²) in [6, 6.07) is 0.488. The predicted molar refractivity (Wildman–Crippen MR) is 66.7 cm³/mol. The van der Waals surface area contributed by atoms with Crippen LogP contribution in [0.5, 0.6) is 0 Å². The number of carbonyl (C=O) groups excluding carboxylic acids is 3. The first-order chi connectivity index (χ1) is 9.36. The Labute approximate surface area is 120 Å². The zero-order chi connectivity index (χ0) is 14.7. The van der Waals surface area contributed by atoms with Gasteiger partial charge in [0.1, 0.15) is 17.0 Å². The van der Waals surface area contributed by atoms with Crippen LogP contribution in [0.3, 0.4) is 0 Å². The molecule has 1 aromatic carbocycles. The maximum absolute atomic E-state index is 13.9. The SMILES string of the molecule is O=C1NC(=O)C2(CC2)C(=O)N1c1cc(F)c(Br)cc1F. The molecule has 1 saturated heterocycles. The van der Waals surface area contributed by atoms with Crippen LogP contribution in [-0.2, 0) is 9.59 Å². The molecule has 0 radical (unpaired) electrons. The van der Waals surface area contributed by atoms with E-state index in [0.29, 0.717) is 17.7 Å². The highest BCUT2D eigenvalue weighted by atomic mass is 79.9. The molecule has 2 fully saturated rings. The summed E-state index contributed by atoms with van der Waals surface area (Å²) in [5, 5.41) is 2.00. The number of urea groups is 1. The van der Waals surface area contributed by atoms with E-state index < -0.39 is 40.6 Å². The number of carbonyl (C=O) groups is 3. The van der Waals surface area contributed by atoms with Crippen molar-refractivity contribution in [1.82, 2.24) is 5.32 Å². The first-order valence-corrected chi connectivity index (χ1v) is 6.50. The molecule has 5 nitrogen and oxygen atoms in total. The molecule has 1 aliphatic heterocycles. The van der Waals surface area contributed by atoms with Crippen molar-refractivity contribution in [3.05, 3.63) is 28.2 Å². The van der Waals surface area contributed by atoms with E-state index in [2.05, 4.69) is 15.9 Å². The summed E-state index contributed by atoms with van der Waals surface area (Å²) in [5.41, 5.74) is -1.81. The molecule has 1 N–H and O–H groups in total. The topological polar surface area (TPSA) is 66.5 Å². The van der Waals surface area contributed by atoms with Gasteiger partial charge in [-0.1, -0.05) is 0 Å². The number of imide groups is 2. The molecular weight excluding hydrogens is 338 g/mol. The van der Waals surface area contributed by atoms with Gasteiger partial charge in [-0.2, -0.15) is 0 Å². The van der Waals surface area contributed by atoms with E-state index in [1.165, 1.54) is 0 Å². The second-order valence-electron chi connectivity index (χ2n) is 4.70. The van der Waals surface area contributed by atoms with Crippen LogP contribution < -0.4 is 10.2 Å². The highest BCUT2D eigenvalue weighted by molar-refractivity contribution is 9.10. The van der Waals surface area contributed by atoms with Crippen molar-refractivity contribution in [2.24, 2.45) is 5.41 Å². The quantitative estimate of drug-likeness (QED) is 0.626. The molecule has 0 aromatic heterocycles. The summed E-state index contributed by atoms with van der Waals surface area (Å²) in [6.07, 6.45) is 0.587. The Bertz CT molecular complexity index is 673. The molecule has 1 heterocycles. The Balaban J connectivity index is 2.09. The zero-order valence-electron chi connectivity index (χ0n) is 9.87. The number of halogens is 3. The van der Waals surface area contributed by atoms with Crippen LogP contribution in [0.25, 0.3) is 0 Å². The maximum Gasteiger partial charge on any atom is 0.335 e. The lowest BCUT2D eigenvalue weighted by atomic mass is 10.0. The van der Waals surface area contributed by atoms with Crippen molar-refractivity contribution >= 4 is 39.5 Å². The number of rotatable bonds is 1. The Morgan fingerprint density at radius 2 is 1.80 bits per heavy atom. The third-order valence-electron chi connectivity index (χ3n) is 3.45. The third kappa shape index (κ3) is 1.67. The van der Waals surface area contributed by atoms with E-state index in [1.54, 1.807) is 0 Å². The van der Waals surface area contributed by atoms with Gasteiger partial charge in [0.05, 0.1) is 10.2 Å². The minimum atomic E-state index is -1.30. The van der Waals surface area contributed by atoms with Crippen LogP contribution >= 0.6 is 15.9 Å². The van der Waals surface area contributed by atoms with Crippen molar-refractivity contribution in [1.29, 1.82) is 0 Å². The molecule has 0 bridgehead atoms. The third-order valence-corrected chi connectivity index (χ3v) is 4.06. The molecule has 1 aromatic rings. The lowest BCUT2D eigenvalue weighted by Crippen LogP contribution is -2.59. The summed E-state index contributed by atoms with van der Waals surface area (Å²) in [6.45, 7) is 0. The predicted octanol–water partition coefficient (Wildman–Crippen LogP) is 2.09. The normalized spacial score (nSPS) is 20.4. The van der Waals surface area contributed by atoms with E-state index in [4.69, 9.17) is 0 Å². The van der Waals surface area contributed by atoms with E-state index in [0.717, 1.165) is 12.1 Å². The number of nitrogens with one attached hydrogen (secondary N) is 1. The number of benzene rings is 1. The van der Waals surface area contributed by atoms with Crippen LogP contribution in [0.15, 0.2) is 16.6 Å². The van der Waals surface area contributed by atoms with Crippen LogP contribution in [0.1, 0.15) is 12.8 Å². The first-order valence-electron chi connectivity index (χ1n) is 5.71. The second-order valence-corrected chi connectivity index (χ2v) is 5.55. The second kappa shape index (κ2) is 4.08. The number of barbiturate groups is 1. The molecule has 20 heavy (non-hydrogen) atoms. The van der Waals surface area contributed by atoms with Gasteiger partial charge in [-0.05, 0) is 34.8 Å². The summed E-state index contributed by atoms with van der Waals surface area (Å²) in [4.78, 5) is 36.1. The minimum absolute atomic E-state index is 0.124. The van der Waals surface area contributed by atoms with Gasteiger partial charge in [0.15, 0.2) is 0 Å². The van der Waals surface area contributed by atoms with Gasteiger partial charge in [0.25, 0.3) is 5.91 Å². The number of hydrogen-bond acceptors (Lipinski definition) is 3. The average molecular weight is 345 g/mol. The van der Waals surface area contributed by atoms with Gasteiger partial charge in [-0.25, -0.2) is 18.5 Å². The molecule has 104 valence electrons. The number of hydrogen-bond donors (Lipinski definition) is 1. The molecule has 1 spiro atoms. The monoisotopic (exact) mass is 344 g/mol. The molecule has 0 unspecified atom stereocenters. The molecule has 1 aliphatic carbocycles. The lowest BCUT2D eigenvalue weighted by molar-refractivity contribution is -0.136. The van der Waals surface area contributed by atoms with Crippen molar-refractivity contribution in [3.63, 3.8) is 0 Å². The van der Waals surface area contributed by atoms with Crippen LogP contribution in [0, 0.1) is 17.0 Å². The molecule has 3 rings (SSSR count). The fourth-order valence-electron chi connectivity index (χ4n) is 2.14. The van der Waals surface area contributed by atoms with Crippen molar-refractivity contribution < 1.29 is 23.2 Å². The highest BCUT2D eigenvalue weighted by Crippen LogP contribution is 2.50. The summed E-state index contributed by atoms with van der Waals surface area (Å²) >= 11 is 2.81. The molecule has 1 saturated carbocycles. The number of amides is 4. The average Bonchev–Trinajstić information content (AvgIpc) is 3.15. The Morgan fingerprint density at radius 3 is 2.40 bits per heavy atom. The summed E-state index contributed by atoms with van der Waals surface area (Å²) in [7, 11) is 0. The fourth-order valence-corrected chi connectivity index (χ4v) is 2.46. The van der Waals surface area contributed by atoms with E-state index >= 15 is 0 Å².